The Kier molecular flexibility index (Phi) is 4.12. The lowest BCUT2D eigenvalue weighted by Crippen LogP contribution is -1.95. The molecule has 0 fully saturated rings. The molecule has 0 unspecified atom stereocenters. The van der Waals surface area contributed by atoms with Gasteiger partial charge in [0.2, 0.25) is 0 Å². The van der Waals surface area contributed by atoms with Gasteiger partial charge in [-0.3, -0.25) is 9.59 Å². The summed E-state index contributed by atoms with van der Waals surface area (Å²) in [5.74, 6) is 0. The van der Waals surface area contributed by atoms with Crippen LogP contribution in [0.1, 0.15) is 0 Å². The predicted molar refractivity (Wildman–Crippen MR) is 151 cm³/mol. The summed E-state index contributed by atoms with van der Waals surface area (Å²) in [7, 11) is 0. The number of hydrogen-bond acceptors (Lipinski definition) is 4. The number of hydrogen-bond donors (Lipinski definition) is 2. The van der Waals surface area contributed by atoms with Crippen molar-refractivity contribution >= 4 is 54.5 Å². The Morgan fingerprint density at radius 2 is 0.667 bits per heavy atom. The molecule has 0 saturated carbocycles. The van der Waals surface area contributed by atoms with Crippen LogP contribution in [0.25, 0.3) is 65.3 Å². The van der Waals surface area contributed by atoms with Crippen molar-refractivity contribution in [1.29, 1.82) is 0 Å². The maximum absolute atomic E-state index is 13.5. The fraction of sp³-hybridized carbons (Fsp3) is 0. The van der Waals surface area contributed by atoms with Gasteiger partial charge in [0.15, 0.2) is 10.9 Å². The zero-order chi connectivity index (χ0) is 24.6. The average molecular weight is 465 g/mol. The van der Waals surface area contributed by atoms with Gasteiger partial charge in [-0.05, 0) is 92.3 Å². The van der Waals surface area contributed by atoms with Crippen molar-refractivity contribution in [2.75, 3.05) is 11.5 Å². The van der Waals surface area contributed by atoms with Gasteiger partial charge >= 0.3 is 0 Å². The van der Waals surface area contributed by atoms with Crippen molar-refractivity contribution < 1.29 is 0 Å². The van der Waals surface area contributed by atoms with E-state index in [1.54, 1.807) is 0 Å². The summed E-state index contributed by atoms with van der Waals surface area (Å²) in [6.07, 6.45) is 0. The van der Waals surface area contributed by atoms with E-state index in [9.17, 15) is 9.59 Å². The molecule has 0 saturated heterocycles. The zero-order valence-electron chi connectivity index (χ0n) is 19.2. The molecular formula is C32H20N2O2. The number of benzene rings is 5. The molecule has 4 N–H and O–H groups in total. The third kappa shape index (κ3) is 2.88. The van der Waals surface area contributed by atoms with Gasteiger partial charge in [0.25, 0.3) is 0 Å². The number of rotatable bonds is 2. The van der Waals surface area contributed by atoms with Crippen molar-refractivity contribution in [2.45, 2.75) is 0 Å². The summed E-state index contributed by atoms with van der Waals surface area (Å²) in [4.78, 5) is 26.9. The molecular weight excluding hydrogens is 444 g/mol. The summed E-state index contributed by atoms with van der Waals surface area (Å²) in [6, 6.07) is 30.8. The average Bonchev–Trinajstić information content (AvgIpc) is 3.34. The first-order chi connectivity index (χ1) is 17.5. The Labute approximate surface area is 205 Å². The minimum absolute atomic E-state index is 0.0144. The Morgan fingerprint density at radius 1 is 0.333 bits per heavy atom. The molecule has 0 aliphatic heterocycles. The normalized spacial score (nSPS) is 11.8. The topological polar surface area (TPSA) is 86.2 Å². The summed E-state index contributed by atoms with van der Waals surface area (Å²) in [5.41, 5.74) is 16.9. The SMILES string of the molecule is Nc1ccc(-c2ccc3c(c2)c(=O)c2cc4c(cc23)c(=O)c2cc(-c3ccc(N)cc3)ccc24)cc1. The summed E-state index contributed by atoms with van der Waals surface area (Å²) >= 11 is 0. The second-order valence-corrected chi connectivity index (χ2v) is 9.37. The fourth-order valence-corrected chi connectivity index (χ4v) is 5.36. The van der Waals surface area contributed by atoms with Crippen LogP contribution < -0.4 is 22.3 Å². The van der Waals surface area contributed by atoms with Gasteiger partial charge in [-0.1, -0.05) is 48.5 Å². The molecule has 0 atom stereocenters. The van der Waals surface area contributed by atoms with E-state index in [4.69, 9.17) is 11.5 Å². The molecule has 7 aromatic carbocycles. The minimum atomic E-state index is -0.0144. The van der Waals surface area contributed by atoms with Crippen LogP contribution in [0.3, 0.4) is 0 Å². The molecule has 7 aromatic rings. The molecule has 0 aliphatic carbocycles. The first kappa shape index (κ1) is 20.4. The molecule has 0 heterocycles. The van der Waals surface area contributed by atoms with Crippen molar-refractivity contribution in [3.63, 3.8) is 0 Å². The van der Waals surface area contributed by atoms with E-state index in [0.717, 1.165) is 43.8 Å². The highest BCUT2D eigenvalue weighted by Crippen LogP contribution is 2.35. The van der Waals surface area contributed by atoms with E-state index < -0.39 is 0 Å². The third-order valence-corrected chi connectivity index (χ3v) is 7.24. The second kappa shape index (κ2) is 7.27. The minimum Gasteiger partial charge on any atom is -0.399 e. The third-order valence-electron chi connectivity index (χ3n) is 7.24. The maximum Gasteiger partial charge on any atom is 0.194 e. The quantitative estimate of drug-likeness (QED) is 0.290. The van der Waals surface area contributed by atoms with Crippen molar-refractivity contribution in [2.24, 2.45) is 0 Å². The van der Waals surface area contributed by atoms with Crippen molar-refractivity contribution in [3.05, 3.63) is 118 Å². The van der Waals surface area contributed by atoms with E-state index in [1.165, 1.54) is 0 Å². The summed E-state index contributed by atoms with van der Waals surface area (Å²) in [5, 5.41) is 5.97. The summed E-state index contributed by atoms with van der Waals surface area (Å²) < 4.78 is 0. The van der Waals surface area contributed by atoms with E-state index in [1.807, 2.05) is 97.1 Å². The predicted octanol–water partition coefficient (Wildman–Crippen LogP) is 6.39. The van der Waals surface area contributed by atoms with Crippen LogP contribution in [0, 0.1) is 0 Å². The van der Waals surface area contributed by atoms with Crippen molar-refractivity contribution in [1.82, 2.24) is 0 Å². The van der Waals surface area contributed by atoms with Gasteiger partial charge in [0, 0.05) is 32.9 Å². The zero-order valence-corrected chi connectivity index (χ0v) is 19.2. The number of fused-ring (bicyclic) bond motifs is 6. The van der Waals surface area contributed by atoms with Crippen molar-refractivity contribution in [3.8, 4) is 22.3 Å². The Hall–Kier alpha value is -4.96. The Balaban J connectivity index is 1.45. The van der Waals surface area contributed by atoms with E-state index in [0.29, 0.717) is 32.9 Å². The molecule has 4 heteroatoms. The van der Waals surface area contributed by atoms with Gasteiger partial charge in [0.05, 0.1) is 0 Å². The van der Waals surface area contributed by atoms with Crippen LogP contribution in [0.4, 0.5) is 11.4 Å². The highest BCUT2D eigenvalue weighted by Gasteiger charge is 2.17. The Bertz CT molecular complexity index is 1930. The van der Waals surface area contributed by atoms with E-state index in [-0.39, 0.29) is 10.9 Å². The smallest absolute Gasteiger partial charge is 0.194 e. The summed E-state index contributed by atoms with van der Waals surface area (Å²) in [6.45, 7) is 0. The molecule has 0 bridgehead atoms. The van der Waals surface area contributed by atoms with Gasteiger partial charge in [0.1, 0.15) is 0 Å². The largest absolute Gasteiger partial charge is 0.399 e. The number of anilines is 2. The van der Waals surface area contributed by atoms with Crippen LogP contribution in [-0.4, -0.2) is 0 Å². The van der Waals surface area contributed by atoms with E-state index >= 15 is 0 Å². The van der Waals surface area contributed by atoms with Crippen LogP contribution in [0.5, 0.6) is 0 Å². The molecule has 0 amide bonds. The number of nitrogen functional groups attached to an aromatic ring is 2. The van der Waals surface area contributed by atoms with Gasteiger partial charge in [-0.15, -0.1) is 0 Å². The van der Waals surface area contributed by atoms with Crippen LogP contribution in [0.2, 0.25) is 0 Å². The molecule has 7 rings (SSSR count). The van der Waals surface area contributed by atoms with E-state index in [2.05, 4.69) is 0 Å². The number of nitrogens with two attached hydrogens (primary N) is 2. The first-order valence-electron chi connectivity index (χ1n) is 11.8. The first-order valence-corrected chi connectivity index (χ1v) is 11.8. The Morgan fingerprint density at radius 3 is 1.06 bits per heavy atom. The molecule has 36 heavy (non-hydrogen) atoms. The highest BCUT2D eigenvalue weighted by atomic mass is 16.1. The molecule has 0 aliphatic rings. The fourth-order valence-electron chi connectivity index (χ4n) is 5.36. The van der Waals surface area contributed by atoms with Gasteiger partial charge in [-0.25, -0.2) is 0 Å². The van der Waals surface area contributed by atoms with Gasteiger partial charge in [-0.2, -0.15) is 0 Å². The van der Waals surface area contributed by atoms with Crippen LogP contribution >= 0.6 is 0 Å². The highest BCUT2D eigenvalue weighted by molar-refractivity contribution is 6.21. The lowest BCUT2D eigenvalue weighted by molar-refractivity contribution is 1.64. The molecule has 4 nitrogen and oxygen atoms in total. The second-order valence-electron chi connectivity index (χ2n) is 9.37. The lowest BCUT2D eigenvalue weighted by Gasteiger charge is -2.03. The molecule has 0 aromatic heterocycles. The van der Waals surface area contributed by atoms with Gasteiger partial charge < -0.3 is 11.5 Å². The molecule has 0 radical (unpaired) electrons. The molecule has 0 spiro atoms. The monoisotopic (exact) mass is 464 g/mol. The maximum atomic E-state index is 13.5. The lowest BCUT2D eigenvalue weighted by atomic mass is 10.0. The standard InChI is InChI=1S/C32H20N2O2/c33-21-7-1-17(2-8-21)19-5-11-23-25-15-30-26(16-29(25)31(35)27(23)13-19)24-12-6-20(14-28(24)32(30)36)18-3-9-22(34)10-4-18/h1-16H,33-34H2. The van der Waals surface area contributed by atoms with Crippen LogP contribution in [-0.2, 0) is 0 Å². The molecule has 170 valence electrons. The van der Waals surface area contributed by atoms with Crippen LogP contribution in [0.15, 0.2) is 107 Å².